The lowest BCUT2D eigenvalue weighted by Gasteiger charge is -2.20. The van der Waals surface area contributed by atoms with E-state index in [9.17, 15) is 4.79 Å². The molecule has 1 aliphatic carbocycles. The van der Waals surface area contributed by atoms with E-state index < -0.39 is 0 Å². The van der Waals surface area contributed by atoms with Gasteiger partial charge in [-0.3, -0.25) is 9.36 Å². The Bertz CT molecular complexity index is 825. The summed E-state index contributed by atoms with van der Waals surface area (Å²) in [6, 6.07) is 18.6. The van der Waals surface area contributed by atoms with E-state index in [1.165, 1.54) is 24.8 Å². The Kier molecular flexibility index (Phi) is 3.74. The van der Waals surface area contributed by atoms with E-state index >= 15 is 0 Å². The van der Waals surface area contributed by atoms with E-state index in [4.69, 9.17) is 0 Å². The van der Waals surface area contributed by atoms with E-state index in [1.54, 1.807) is 0 Å². The Hall–Kier alpha value is -2.35. The molecule has 1 saturated carbocycles. The highest BCUT2D eigenvalue weighted by Crippen LogP contribution is 2.33. The molecule has 0 aliphatic heterocycles. The highest BCUT2D eigenvalue weighted by molar-refractivity contribution is 6.02. The van der Waals surface area contributed by atoms with Gasteiger partial charge in [0.05, 0.1) is 5.52 Å². The monoisotopic (exact) mass is 303 g/mol. The molecule has 1 aliphatic rings. The zero-order valence-electron chi connectivity index (χ0n) is 13.2. The molecule has 0 radical (unpaired) electrons. The number of aromatic nitrogens is 1. The summed E-state index contributed by atoms with van der Waals surface area (Å²) in [5, 5.41) is 1.16. The summed E-state index contributed by atoms with van der Waals surface area (Å²) >= 11 is 0. The molecule has 3 aromatic rings. The van der Waals surface area contributed by atoms with Gasteiger partial charge in [-0.25, -0.2) is 0 Å². The van der Waals surface area contributed by atoms with Gasteiger partial charge in [0.25, 0.3) is 0 Å². The largest absolute Gasteiger partial charge is 0.286 e. The first kappa shape index (κ1) is 14.3. The van der Waals surface area contributed by atoms with Crippen molar-refractivity contribution in [3.05, 3.63) is 60.8 Å². The van der Waals surface area contributed by atoms with Crippen LogP contribution < -0.4 is 0 Å². The van der Waals surface area contributed by atoms with Gasteiger partial charge in [-0.2, -0.15) is 0 Å². The molecule has 1 heterocycles. The fourth-order valence-corrected chi connectivity index (χ4v) is 3.76. The average molecular weight is 303 g/mol. The minimum Gasteiger partial charge on any atom is -0.286 e. The van der Waals surface area contributed by atoms with E-state index in [-0.39, 0.29) is 11.8 Å². The number of hydrogen-bond acceptors (Lipinski definition) is 1. The maximum Gasteiger partial charge on any atom is 0.234 e. The van der Waals surface area contributed by atoms with Crippen molar-refractivity contribution in [1.82, 2.24) is 4.57 Å². The minimum absolute atomic E-state index is 0.183. The van der Waals surface area contributed by atoms with Crippen LogP contribution in [0.1, 0.15) is 36.9 Å². The molecular weight excluding hydrogens is 282 g/mol. The molecular formula is C21H21NO. The van der Waals surface area contributed by atoms with Gasteiger partial charge in [-0.15, -0.1) is 0 Å². The number of nitrogens with zero attached hydrogens (tertiary/aromatic N) is 1. The van der Waals surface area contributed by atoms with Gasteiger partial charge in [-0.1, -0.05) is 67.8 Å². The van der Waals surface area contributed by atoms with Gasteiger partial charge >= 0.3 is 0 Å². The van der Waals surface area contributed by atoms with Crippen LogP contribution in [-0.2, 0) is 0 Å². The van der Waals surface area contributed by atoms with Gasteiger partial charge in [0, 0.05) is 23.1 Å². The van der Waals surface area contributed by atoms with Crippen molar-refractivity contribution in [2.75, 3.05) is 0 Å². The number of carbonyl (C=O) groups is 1. The molecule has 2 nitrogen and oxygen atoms in total. The summed E-state index contributed by atoms with van der Waals surface area (Å²) in [4.78, 5) is 13.0. The molecule has 2 aromatic carbocycles. The third-order valence-corrected chi connectivity index (χ3v) is 4.99. The van der Waals surface area contributed by atoms with Crippen molar-refractivity contribution in [3.8, 4) is 11.1 Å². The number of benzene rings is 2. The van der Waals surface area contributed by atoms with Crippen molar-refractivity contribution in [1.29, 1.82) is 0 Å². The van der Waals surface area contributed by atoms with E-state index in [2.05, 4.69) is 24.3 Å². The number of rotatable bonds is 2. The van der Waals surface area contributed by atoms with E-state index in [1.807, 2.05) is 41.1 Å². The van der Waals surface area contributed by atoms with Gasteiger partial charge in [0.15, 0.2) is 0 Å². The average Bonchev–Trinajstić information content (AvgIpc) is 3.02. The highest BCUT2D eigenvalue weighted by Gasteiger charge is 2.24. The van der Waals surface area contributed by atoms with Crippen LogP contribution in [-0.4, -0.2) is 10.5 Å². The maximum absolute atomic E-state index is 13.0. The minimum atomic E-state index is 0.183. The van der Waals surface area contributed by atoms with Crippen LogP contribution in [0, 0.1) is 5.92 Å². The van der Waals surface area contributed by atoms with Crippen LogP contribution >= 0.6 is 0 Å². The first-order chi connectivity index (χ1) is 11.3. The lowest BCUT2D eigenvalue weighted by Crippen LogP contribution is -2.23. The van der Waals surface area contributed by atoms with Crippen LogP contribution in [0.2, 0.25) is 0 Å². The standard InChI is InChI=1S/C21H21NO/c23-21(17-11-5-2-6-12-17)22-15-19(16-9-3-1-4-10-16)18-13-7-8-14-20(18)22/h1,3-4,7-10,13-15,17H,2,5-6,11-12H2. The summed E-state index contributed by atoms with van der Waals surface area (Å²) in [6.45, 7) is 0. The van der Waals surface area contributed by atoms with Crippen molar-refractivity contribution in [2.24, 2.45) is 5.92 Å². The van der Waals surface area contributed by atoms with Crippen molar-refractivity contribution in [3.63, 3.8) is 0 Å². The summed E-state index contributed by atoms with van der Waals surface area (Å²) < 4.78 is 1.90. The molecule has 0 atom stereocenters. The van der Waals surface area contributed by atoms with Gasteiger partial charge in [0.1, 0.15) is 0 Å². The van der Waals surface area contributed by atoms with Gasteiger partial charge in [0.2, 0.25) is 5.91 Å². The summed E-state index contributed by atoms with van der Waals surface area (Å²) in [5.74, 6) is 0.450. The molecule has 0 amide bonds. The normalized spacial score (nSPS) is 15.8. The first-order valence-electron chi connectivity index (χ1n) is 8.54. The third kappa shape index (κ3) is 2.59. The zero-order valence-corrected chi connectivity index (χ0v) is 13.2. The lowest BCUT2D eigenvalue weighted by molar-refractivity contribution is 0.0807. The van der Waals surface area contributed by atoms with Crippen LogP contribution in [0.3, 0.4) is 0 Å². The summed E-state index contributed by atoms with van der Waals surface area (Å²) in [5.41, 5.74) is 3.34. The Morgan fingerprint density at radius 3 is 2.35 bits per heavy atom. The van der Waals surface area contributed by atoms with Gasteiger partial charge < -0.3 is 0 Å². The Balaban J connectivity index is 1.83. The number of carbonyl (C=O) groups excluding carboxylic acids is 1. The van der Waals surface area contributed by atoms with Crippen LogP contribution in [0.15, 0.2) is 60.8 Å². The predicted molar refractivity (Wildman–Crippen MR) is 94.6 cm³/mol. The number of hydrogen-bond donors (Lipinski definition) is 0. The molecule has 0 N–H and O–H groups in total. The number of fused-ring (bicyclic) bond motifs is 1. The molecule has 2 heteroatoms. The molecule has 116 valence electrons. The second-order valence-electron chi connectivity index (χ2n) is 6.47. The summed E-state index contributed by atoms with van der Waals surface area (Å²) in [7, 11) is 0. The fourth-order valence-electron chi connectivity index (χ4n) is 3.76. The van der Waals surface area contributed by atoms with Gasteiger partial charge in [-0.05, 0) is 24.5 Å². The summed E-state index contributed by atoms with van der Waals surface area (Å²) in [6.07, 6.45) is 7.74. The highest BCUT2D eigenvalue weighted by atomic mass is 16.2. The third-order valence-electron chi connectivity index (χ3n) is 4.99. The first-order valence-corrected chi connectivity index (χ1v) is 8.54. The molecule has 23 heavy (non-hydrogen) atoms. The smallest absolute Gasteiger partial charge is 0.234 e. The Morgan fingerprint density at radius 2 is 1.57 bits per heavy atom. The van der Waals surface area contributed by atoms with Crippen LogP contribution in [0.4, 0.5) is 0 Å². The molecule has 0 unspecified atom stereocenters. The molecule has 1 fully saturated rings. The Labute approximate surface area is 136 Å². The van der Waals surface area contributed by atoms with E-state index in [0.29, 0.717) is 0 Å². The molecule has 4 rings (SSSR count). The predicted octanol–water partition coefficient (Wildman–Crippen LogP) is 5.53. The lowest BCUT2D eigenvalue weighted by atomic mass is 9.88. The maximum atomic E-state index is 13.0. The molecule has 0 saturated heterocycles. The molecule has 0 bridgehead atoms. The quantitative estimate of drug-likeness (QED) is 0.610. The van der Waals surface area contributed by atoms with Crippen LogP contribution in [0.25, 0.3) is 22.0 Å². The van der Waals surface area contributed by atoms with Crippen molar-refractivity contribution in [2.45, 2.75) is 32.1 Å². The van der Waals surface area contributed by atoms with E-state index in [0.717, 1.165) is 29.3 Å². The SMILES string of the molecule is O=C(C1CCCCC1)n1cc(-c2ccccc2)c2ccccc21. The topological polar surface area (TPSA) is 22.0 Å². The molecule has 0 spiro atoms. The van der Waals surface area contributed by atoms with Crippen molar-refractivity contribution >= 4 is 16.8 Å². The second kappa shape index (κ2) is 6.04. The second-order valence-corrected chi connectivity index (χ2v) is 6.47. The number of para-hydroxylation sites is 1. The van der Waals surface area contributed by atoms with Crippen LogP contribution in [0.5, 0.6) is 0 Å². The fraction of sp³-hybridized carbons (Fsp3) is 0.286. The van der Waals surface area contributed by atoms with Crippen molar-refractivity contribution < 1.29 is 4.79 Å². The Morgan fingerprint density at radius 1 is 0.870 bits per heavy atom. The molecule has 1 aromatic heterocycles. The zero-order chi connectivity index (χ0) is 15.6.